The van der Waals surface area contributed by atoms with Crippen molar-refractivity contribution >= 4 is 29.6 Å². The van der Waals surface area contributed by atoms with E-state index < -0.39 is 23.8 Å². The van der Waals surface area contributed by atoms with E-state index in [1.54, 1.807) is 0 Å². The van der Waals surface area contributed by atoms with Crippen LogP contribution in [0.2, 0.25) is 0 Å². The van der Waals surface area contributed by atoms with Crippen molar-refractivity contribution in [3.63, 3.8) is 0 Å². The number of carbonyl (C=O) groups is 5. The first-order chi connectivity index (χ1) is 43.7. The zero-order valence-electron chi connectivity index (χ0n) is 56.8. The van der Waals surface area contributed by atoms with E-state index in [1.165, 1.54) is 135 Å². The average molecular weight is 1230 g/mol. The molecular weight excluding hydrogens is 1100 g/mol. The summed E-state index contributed by atoms with van der Waals surface area (Å²) in [6, 6.07) is -1.10. The number of nitrogens with one attached hydrogen (secondary N) is 4. The number of unbranched alkanes of at least 4 members (excludes halogenated alkanes) is 20. The molecule has 0 aliphatic rings. The first-order valence-electron chi connectivity index (χ1n) is 35.9. The minimum Gasteiger partial charge on any atom is -0.480 e. The Kier molecular flexibility index (Phi) is 65.2. The van der Waals surface area contributed by atoms with E-state index in [0.717, 1.165) is 57.8 Å². The van der Waals surface area contributed by atoms with Gasteiger partial charge in [0.05, 0.1) is 5.92 Å². The maximum Gasteiger partial charge on any atom is 0.326 e. The van der Waals surface area contributed by atoms with Crippen LogP contribution in [0.4, 0.5) is 0 Å². The molecule has 89 heavy (non-hydrogen) atoms. The second-order valence-corrected chi connectivity index (χ2v) is 23.7. The molecule has 5 N–H and O–H groups in total. The number of hydrogen-bond acceptors (Lipinski definition) is 5. The maximum atomic E-state index is 13.7. The lowest BCUT2D eigenvalue weighted by Crippen LogP contribution is -2.46. The number of carboxylic acid groups (broad SMARTS) is 1. The number of amides is 4. The van der Waals surface area contributed by atoms with Gasteiger partial charge in [0, 0.05) is 38.9 Å². The lowest BCUT2D eigenvalue weighted by atomic mass is 9.99. The molecule has 1 unspecified atom stereocenters. The van der Waals surface area contributed by atoms with Crippen LogP contribution >= 0.6 is 0 Å². The Hall–Kier alpha value is -5.77. The Morgan fingerprint density at radius 3 is 0.888 bits per heavy atom. The molecule has 0 saturated carbocycles. The molecule has 0 aromatic rings. The third-order valence-electron chi connectivity index (χ3n) is 15.3. The van der Waals surface area contributed by atoms with E-state index in [2.05, 4.69) is 170 Å². The highest BCUT2D eigenvalue weighted by Gasteiger charge is 2.25. The van der Waals surface area contributed by atoms with Crippen molar-refractivity contribution in [2.24, 2.45) is 5.92 Å². The normalized spacial score (nSPS) is 13.2. The van der Waals surface area contributed by atoms with E-state index in [0.29, 0.717) is 77.3 Å². The molecule has 10 nitrogen and oxygen atoms in total. The monoisotopic (exact) mass is 1230 g/mol. The van der Waals surface area contributed by atoms with Gasteiger partial charge in [-0.2, -0.15) is 0 Å². The van der Waals surface area contributed by atoms with Crippen molar-refractivity contribution < 1.29 is 29.1 Å². The Morgan fingerprint density at radius 2 is 0.573 bits per heavy atom. The van der Waals surface area contributed by atoms with Crippen LogP contribution in [-0.4, -0.2) is 60.4 Å². The molecule has 2 atom stereocenters. The quantitative estimate of drug-likeness (QED) is 0.0302. The van der Waals surface area contributed by atoms with Crippen LogP contribution < -0.4 is 21.3 Å². The second kappa shape index (κ2) is 69.7. The fourth-order valence-corrected chi connectivity index (χ4v) is 9.74. The van der Waals surface area contributed by atoms with Gasteiger partial charge in [-0.05, 0) is 148 Å². The van der Waals surface area contributed by atoms with Crippen molar-refractivity contribution in [2.75, 3.05) is 19.6 Å². The summed E-state index contributed by atoms with van der Waals surface area (Å²) in [7, 11) is 0. The van der Waals surface area contributed by atoms with Gasteiger partial charge >= 0.3 is 5.97 Å². The van der Waals surface area contributed by atoms with Gasteiger partial charge in [-0.25, -0.2) is 4.79 Å². The molecule has 0 aromatic carbocycles. The van der Waals surface area contributed by atoms with Crippen molar-refractivity contribution in [3.05, 3.63) is 146 Å². The highest BCUT2D eigenvalue weighted by atomic mass is 16.4. The molecule has 0 heterocycles. The van der Waals surface area contributed by atoms with Gasteiger partial charge in [0.2, 0.25) is 23.6 Å². The summed E-state index contributed by atoms with van der Waals surface area (Å²) in [5.74, 6) is -2.44. The van der Waals surface area contributed by atoms with Crippen LogP contribution in [-0.2, 0) is 24.0 Å². The van der Waals surface area contributed by atoms with Crippen LogP contribution in [0.1, 0.15) is 290 Å². The highest BCUT2D eigenvalue weighted by Crippen LogP contribution is 2.14. The van der Waals surface area contributed by atoms with E-state index in [4.69, 9.17) is 0 Å². The molecule has 0 rings (SSSR count). The molecule has 4 amide bonds. The van der Waals surface area contributed by atoms with Crippen molar-refractivity contribution in [3.8, 4) is 0 Å². The number of carbonyl (C=O) groups excluding carboxylic acids is 4. The molecule has 0 aliphatic carbocycles. The molecule has 0 saturated heterocycles. The fourth-order valence-electron chi connectivity index (χ4n) is 9.74. The lowest BCUT2D eigenvalue weighted by Gasteiger charge is -2.21. The van der Waals surface area contributed by atoms with Gasteiger partial charge in [0.1, 0.15) is 6.04 Å². The zero-order valence-corrected chi connectivity index (χ0v) is 56.8. The van der Waals surface area contributed by atoms with Crippen LogP contribution in [0, 0.1) is 5.92 Å². The first-order valence-corrected chi connectivity index (χ1v) is 35.9. The van der Waals surface area contributed by atoms with Gasteiger partial charge in [0.15, 0.2) is 0 Å². The van der Waals surface area contributed by atoms with Crippen LogP contribution in [0.15, 0.2) is 146 Å². The van der Waals surface area contributed by atoms with Crippen LogP contribution in [0.5, 0.6) is 0 Å². The number of aliphatic carboxylic acids is 1. The first kappa shape index (κ1) is 83.2. The molecule has 0 bridgehead atoms. The number of rotatable bonds is 63. The summed E-state index contributed by atoms with van der Waals surface area (Å²) in [6.45, 7) is 7.73. The predicted octanol–water partition coefficient (Wildman–Crippen LogP) is 20.6. The predicted molar refractivity (Wildman–Crippen MR) is 383 cm³/mol. The van der Waals surface area contributed by atoms with Gasteiger partial charge < -0.3 is 26.4 Å². The highest BCUT2D eigenvalue weighted by molar-refractivity contribution is 5.85. The molecule has 0 aliphatic heterocycles. The molecular formula is C79H130N4O6. The Bertz CT molecular complexity index is 2070. The summed E-state index contributed by atoms with van der Waals surface area (Å²) < 4.78 is 0. The Labute approximate surface area is 545 Å². The number of hydrogen-bond donors (Lipinski definition) is 5. The third kappa shape index (κ3) is 65.0. The molecule has 0 fully saturated rings. The maximum absolute atomic E-state index is 13.7. The Morgan fingerprint density at radius 1 is 0.303 bits per heavy atom. The van der Waals surface area contributed by atoms with E-state index >= 15 is 0 Å². The van der Waals surface area contributed by atoms with Crippen molar-refractivity contribution in [1.82, 2.24) is 21.3 Å². The second-order valence-electron chi connectivity index (χ2n) is 23.7. The lowest BCUT2D eigenvalue weighted by molar-refractivity contribution is -0.142. The molecule has 502 valence electrons. The van der Waals surface area contributed by atoms with E-state index in [9.17, 15) is 29.1 Å². The van der Waals surface area contributed by atoms with E-state index in [-0.39, 0.29) is 37.1 Å². The van der Waals surface area contributed by atoms with E-state index in [1.807, 2.05) is 18.2 Å². The smallest absolute Gasteiger partial charge is 0.326 e. The van der Waals surface area contributed by atoms with Crippen molar-refractivity contribution in [2.45, 2.75) is 296 Å². The number of allylic oxidation sites excluding steroid dienone is 24. The standard InChI is InChI=1S/C79H130N4O6/c1-4-7-10-13-16-19-22-25-28-31-34-37-40-43-46-49-52-55-58-67-75(84)80-70-63-61-65-73(72-82-77(86)69-60-57-54-51-48-45-42-39-36-33-30-27-24-21-18-15-12-9-6-3)78(87)83-74(79(88)89)66-62-64-71-81-76(85)68-59-56-53-50-47-44-41-38-35-32-29-26-23-20-17-14-11-8-5-2/h25-30,34-39,43-48,52-57,73-74H,4-24,31-33,40-42,49-51,58-72H2,1-3H3,(H,80,84)(H,81,85)(H,82,86)(H,83,87)(H,88,89)/b28-25-,29-26-,30-27-,37-34-,38-35-,39-36-,46-43-,47-44-,48-45-,55-52-,56-53-,57-54-/t73?,74-/m0/s1. The summed E-state index contributed by atoms with van der Waals surface area (Å²) >= 11 is 0. The fraction of sp³-hybridized carbons (Fsp3) is 0.633. The summed E-state index contributed by atoms with van der Waals surface area (Å²) in [5, 5.41) is 21.7. The average Bonchev–Trinajstić information content (AvgIpc) is 3.58. The zero-order chi connectivity index (χ0) is 64.7. The van der Waals surface area contributed by atoms with Crippen LogP contribution in [0.25, 0.3) is 0 Å². The van der Waals surface area contributed by atoms with Gasteiger partial charge in [0.25, 0.3) is 0 Å². The SMILES string of the molecule is CCCCCCCC/C=C\C/C=C\C/C=C\C/C=C\CCC(=O)NCCCCC(CNC(=O)CC/C=C\C/C=C\C/C=C\C/C=C\CCCCCCCC)C(=O)N[C@@H](CCCCNC(=O)CC/C=C\C/C=C\C/C=C\C/C=C\CCCCCCCC)C(=O)O. The van der Waals surface area contributed by atoms with Gasteiger partial charge in [-0.1, -0.05) is 269 Å². The summed E-state index contributed by atoms with van der Waals surface area (Å²) in [4.78, 5) is 64.1. The topological polar surface area (TPSA) is 154 Å². The van der Waals surface area contributed by atoms with Crippen LogP contribution in [0.3, 0.4) is 0 Å². The third-order valence-corrected chi connectivity index (χ3v) is 15.3. The minimum atomic E-state index is -1.13. The Balaban J connectivity index is 4.89. The minimum absolute atomic E-state index is 0.0282. The largest absolute Gasteiger partial charge is 0.480 e. The molecule has 0 aromatic heterocycles. The van der Waals surface area contributed by atoms with Gasteiger partial charge in [-0.15, -0.1) is 0 Å². The summed E-state index contributed by atoms with van der Waals surface area (Å²) in [6.07, 6.45) is 93.5. The summed E-state index contributed by atoms with van der Waals surface area (Å²) in [5.41, 5.74) is 0. The van der Waals surface area contributed by atoms with Gasteiger partial charge in [-0.3, -0.25) is 19.2 Å². The molecule has 0 spiro atoms. The molecule has 10 heteroatoms. The van der Waals surface area contributed by atoms with Crippen molar-refractivity contribution in [1.29, 1.82) is 0 Å². The number of carboxylic acids is 1. The molecule has 0 radical (unpaired) electrons.